The van der Waals surface area contributed by atoms with Crippen LogP contribution in [0, 0.1) is 0 Å². The molecular weight excluding hydrogens is 421 g/mol. The molecule has 0 atom stereocenters. The summed E-state index contributed by atoms with van der Waals surface area (Å²) in [6.07, 6.45) is -2.51. The van der Waals surface area contributed by atoms with Gasteiger partial charge in [-0.3, -0.25) is 4.79 Å². The minimum absolute atomic E-state index is 0.0524. The number of halogens is 3. The van der Waals surface area contributed by atoms with Gasteiger partial charge >= 0.3 is 12.1 Å². The van der Waals surface area contributed by atoms with Crippen LogP contribution < -0.4 is 15.4 Å². The number of ether oxygens (including phenoxy) is 1. The van der Waals surface area contributed by atoms with Crippen LogP contribution >= 0.6 is 0 Å². The zero-order valence-electron chi connectivity index (χ0n) is 18.3. The predicted octanol–water partition coefficient (Wildman–Crippen LogP) is 3.98. The molecule has 1 saturated carbocycles. The van der Waals surface area contributed by atoms with E-state index in [4.69, 9.17) is 4.74 Å². The van der Waals surface area contributed by atoms with Crippen molar-refractivity contribution in [2.24, 2.45) is 0 Å². The average Bonchev–Trinajstić information content (AvgIpc) is 2.79. The van der Waals surface area contributed by atoms with Crippen LogP contribution in [0.5, 0.6) is 5.75 Å². The van der Waals surface area contributed by atoms with Crippen LogP contribution in [0.3, 0.4) is 0 Å². The van der Waals surface area contributed by atoms with Crippen LogP contribution in [0.4, 0.5) is 13.2 Å². The smallest absolute Gasteiger partial charge is 0.471 e. The second-order valence-electron chi connectivity index (χ2n) is 8.35. The van der Waals surface area contributed by atoms with Crippen molar-refractivity contribution in [3.8, 4) is 16.9 Å². The minimum atomic E-state index is -4.94. The standard InChI is InChI=1S/C24H29F3N2O3/c1-28-20-9-11-23(12-10-20,29-22(31)24(25,26)27)14-19-13-18(7-8-21(19)32-2)17-5-3-16(15-30)4-6-17/h3-8,13,20,28,30H,9-12,14-15H2,1-2H3,(H,29,31). The van der Waals surface area contributed by atoms with Crippen molar-refractivity contribution >= 4 is 5.91 Å². The second kappa shape index (κ2) is 9.92. The molecule has 174 valence electrons. The Balaban J connectivity index is 1.94. The molecule has 1 fully saturated rings. The van der Waals surface area contributed by atoms with Crippen molar-refractivity contribution in [2.45, 2.75) is 56.5 Å². The Kier molecular flexibility index (Phi) is 7.46. The van der Waals surface area contributed by atoms with E-state index < -0.39 is 17.6 Å². The van der Waals surface area contributed by atoms with E-state index in [0.29, 0.717) is 31.4 Å². The molecule has 5 nitrogen and oxygen atoms in total. The monoisotopic (exact) mass is 450 g/mol. The molecule has 0 radical (unpaired) electrons. The molecular formula is C24H29F3N2O3. The lowest BCUT2D eigenvalue weighted by Gasteiger charge is -2.41. The second-order valence-corrected chi connectivity index (χ2v) is 8.35. The fourth-order valence-electron chi connectivity index (χ4n) is 4.38. The largest absolute Gasteiger partial charge is 0.496 e. The van der Waals surface area contributed by atoms with E-state index in [9.17, 15) is 23.1 Å². The topological polar surface area (TPSA) is 70.6 Å². The number of nitrogens with one attached hydrogen (secondary N) is 2. The summed E-state index contributed by atoms with van der Waals surface area (Å²) in [5, 5.41) is 14.7. The van der Waals surface area contributed by atoms with Crippen LogP contribution in [-0.4, -0.2) is 42.9 Å². The molecule has 1 aliphatic carbocycles. The molecule has 0 heterocycles. The maximum Gasteiger partial charge on any atom is 0.471 e. The molecule has 2 aromatic rings. The van der Waals surface area contributed by atoms with Gasteiger partial charge in [0.1, 0.15) is 5.75 Å². The number of aliphatic hydroxyl groups excluding tert-OH is 1. The summed E-state index contributed by atoms with van der Waals surface area (Å²) >= 11 is 0. The third-order valence-electron chi connectivity index (χ3n) is 6.27. The van der Waals surface area contributed by atoms with E-state index in [-0.39, 0.29) is 19.1 Å². The number of rotatable bonds is 7. The highest BCUT2D eigenvalue weighted by molar-refractivity contribution is 5.82. The van der Waals surface area contributed by atoms with Crippen LogP contribution in [0.25, 0.3) is 11.1 Å². The summed E-state index contributed by atoms with van der Waals surface area (Å²) in [6.45, 7) is -0.0524. The van der Waals surface area contributed by atoms with Crippen LogP contribution in [-0.2, 0) is 17.8 Å². The zero-order chi connectivity index (χ0) is 23.4. The average molecular weight is 451 g/mol. The molecule has 32 heavy (non-hydrogen) atoms. The molecule has 1 aliphatic rings. The van der Waals surface area contributed by atoms with Gasteiger partial charge in [0.25, 0.3) is 0 Å². The Hall–Kier alpha value is -2.58. The highest BCUT2D eigenvalue weighted by Crippen LogP contribution is 2.36. The van der Waals surface area contributed by atoms with E-state index in [0.717, 1.165) is 22.3 Å². The fraction of sp³-hybridized carbons (Fsp3) is 0.458. The van der Waals surface area contributed by atoms with E-state index in [2.05, 4.69) is 10.6 Å². The van der Waals surface area contributed by atoms with E-state index >= 15 is 0 Å². The lowest BCUT2D eigenvalue weighted by Crippen LogP contribution is -2.57. The predicted molar refractivity (Wildman–Crippen MR) is 116 cm³/mol. The van der Waals surface area contributed by atoms with Gasteiger partial charge in [-0.2, -0.15) is 13.2 Å². The minimum Gasteiger partial charge on any atom is -0.496 e. The maximum atomic E-state index is 13.1. The molecule has 0 aromatic heterocycles. The van der Waals surface area contributed by atoms with Crippen LogP contribution in [0.15, 0.2) is 42.5 Å². The number of hydrogen-bond donors (Lipinski definition) is 3. The van der Waals surface area contributed by atoms with Gasteiger partial charge in [-0.1, -0.05) is 30.3 Å². The molecule has 0 unspecified atom stereocenters. The van der Waals surface area contributed by atoms with E-state index in [1.807, 2.05) is 43.4 Å². The summed E-state index contributed by atoms with van der Waals surface area (Å²) < 4.78 is 44.7. The number of carbonyl (C=O) groups is 1. The van der Waals surface area contributed by atoms with Gasteiger partial charge in [0.05, 0.1) is 13.7 Å². The Morgan fingerprint density at radius 3 is 2.28 bits per heavy atom. The zero-order valence-corrected chi connectivity index (χ0v) is 18.3. The maximum absolute atomic E-state index is 13.1. The quantitative estimate of drug-likeness (QED) is 0.597. The number of hydrogen-bond acceptors (Lipinski definition) is 4. The first kappa shape index (κ1) is 24.1. The van der Waals surface area contributed by atoms with Crippen molar-refractivity contribution < 1.29 is 27.8 Å². The SMILES string of the molecule is CNC1CCC(Cc2cc(-c3ccc(CO)cc3)ccc2OC)(NC(=O)C(F)(F)F)CC1. The Morgan fingerprint density at radius 2 is 1.75 bits per heavy atom. The first-order valence-electron chi connectivity index (χ1n) is 10.6. The number of amides is 1. The van der Waals surface area contributed by atoms with Gasteiger partial charge in [-0.05, 0) is 73.5 Å². The molecule has 8 heteroatoms. The highest BCUT2D eigenvalue weighted by atomic mass is 19.4. The first-order valence-corrected chi connectivity index (χ1v) is 10.6. The third kappa shape index (κ3) is 5.61. The number of alkyl halides is 3. The molecule has 3 N–H and O–H groups in total. The van der Waals surface area contributed by atoms with Crippen molar-refractivity contribution in [1.82, 2.24) is 10.6 Å². The Bertz CT molecular complexity index is 921. The first-order chi connectivity index (χ1) is 15.2. The van der Waals surface area contributed by atoms with E-state index in [1.165, 1.54) is 7.11 Å². The molecule has 0 spiro atoms. The summed E-state index contributed by atoms with van der Waals surface area (Å²) in [5.41, 5.74) is 2.32. The normalized spacial score (nSPS) is 21.2. The molecule has 0 saturated heterocycles. The van der Waals surface area contributed by atoms with Crippen molar-refractivity contribution in [2.75, 3.05) is 14.2 Å². The molecule has 0 bridgehead atoms. The molecule has 1 amide bonds. The summed E-state index contributed by atoms with van der Waals surface area (Å²) in [6, 6.07) is 13.2. The van der Waals surface area contributed by atoms with Gasteiger partial charge < -0.3 is 20.5 Å². The summed E-state index contributed by atoms with van der Waals surface area (Å²) in [5.74, 6) is -1.34. The third-order valence-corrected chi connectivity index (χ3v) is 6.27. The lowest BCUT2D eigenvalue weighted by atomic mass is 9.75. The van der Waals surface area contributed by atoms with Gasteiger partial charge in [0.15, 0.2) is 0 Å². The number of aliphatic hydroxyl groups is 1. The van der Waals surface area contributed by atoms with Crippen LogP contribution in [0.2, 0.25) is 0 Å². The molecule has 3 rings (SSSR count). The van der Waals surface area contributed by atoms with Crippen molar-refractivity contribution in [1.29, 1.82) is 0 Å². The Labute approximate surface area is 186 Å². The van der Waals surface area contributed by atoms with Crippen LogP contribution in [0.1, 0.15) is 36.8 Å². The van der Waals surface area contributed by atoms with Gasteiger partial charge in [0, 0.05) is 11.6 Å². The highest BCUT2D eigenvalue weighted by Gasteiger charge is 2.45. The van der Waals surface area contributed by atoms with Crippen molar-refractivity contribution in [3.63, 3.8) is 0 Å². The molecule has 0 aliphatic heterocycles. The van der Waals surface area contributed by atoms with Gasteiger partial charge in [-0.15, -0.1) is 0 Å². The summed E-state index contributed by atoms with van der Waals surface area (Å²) in [4.78, 5) is 11.9. The molecule has 2 aromatic carbocycles. The Morgan fingerprint density at radius 1 is 1.12 bits per heavy atom. The van der Waals surface area contributed by atoms with Crippen molar-refractivity contribution in [3.05, 3.63) is 53.6 Å². The van der Waals surface area contributed by atoms with Gasteiger partial charge in [0.2, 0.25) is 0 Å². The van der Waals surface area contributed by atoms with E-state index in [1.54, 1.807) is 6.07 Å². The number of carbonyl (C=O) groups excluding carboxylic acids is 1. The summed E-state index contributed by atoms with van der Waals surface area (Å²) in [7, 11) is 3.36. The lowest BCUT2D eigenvalue weighted by molar-refractivity contribution is -0.176. The number of benzene rings is 2. The number of methoxy groups -OCH3 is 1. The van der Waals surface area contributed by atoms with Gasteiger partial charge in [-0.25, -0.2) is 0 Å². The fourth-order valence-corrected chi connectivity index (χ4v) is 4.38.